The summed E-state index contributed by atoms with van der Waals surface area (Å²) in [6.07, 6.45) is -10.6. The predicted molar refractivity (Wildman–Crippen MR) is 151 cm³/mol. The van der Waals surface area contributed by atoms with Crippen LogP contribution in [0.2, 0.25) is 0 Å². The molecule has 42 heavy (non-hydrogen) atoms. The Balaban J connectivity index is 2.51. The molecule has 0 amide bonds. The van der Waals surface area contributed by atoms with Crippen LogP contribution in [0, 0.1) is 0 Å². The lowest BCUT2D eigenvalue weighted by Crippen LogP contribution is -2.63. The number of benzene rings is 3. The van der Waals surface area contributed by atoms with Gasteiger partial charge in [-0.15, -0.1) is 0 Å². The largest absolute Gasteiger partial charge is 0.488 e. The molecule has 0 aliphatic rings. The second-order valence-electron chi connectivity index (χ2n) is 10.3. The Morgan fingerprint density at radius 2 is 1.21 bits per heavy atom. The number of esters is 1. The molecule has 0 bridgehead atoms. The van der Waals surface area contributed by atoms with Crippen LogP contribution in [0.4, 0.5) is 22.0 Å². The fraction of sp³-hybridized carbons (Fsp3) is 0.276. The second-order valence-corrected chi connectivity index (χ2v) is 18.3. The topological polar surface area (TPSA) is 93.1 Å². The summed E-state index contributed by atoms with van der Waals surface area (Å²) in [4.78, 5) is 10.9. The summed E-state index contributed by atoms with van der Waals surface area (Å²) >= 11 is 0. The summed E-state index contributed by atoms with van der Waals surface area (Å²) in [5.41, 5.74) is -1.38. The number of alkyl halides is 5. The molecule has 1 unspecified atom stereocenters. The fourth-order valence-corrected chi connectivity index (χ4v) is 13.8. The smallest absolute Gasteiger partial charge is 0.432 e. The highest BCUT2D eigenvalue weighted by atomic mass is 33.2. The molecule has 0 heterocycles. The molecule has 2 N–H and O–H groups in total. The molecule has 0 fully saturated rings. The third-order valence-electron chi connectivity index (χ3n) is 5.82. The number of ether oxygens (including phenoxy) is 2. The van der Waals surface area contributed by atoms with Gasteiger partial charge in [-0.3, -0.25) is 9.11 Å². The van der Waals surface area contributed by atoms with E-state index in [0.717, 1.165) is 43.3 Å². The Morgan fingerprint density at radius 3 is 1.57 bits per heavy atom. The van der Waals surface area contributed by atoms with E-state index in [-0.39, 0.29) is 15.5 Å². The summed E-state index contributed by atoms with van der Waals surface area (Å²) in [5.74, 6) is -1.68. The van der Waals surface area contributed by atoms with Gasteiger partial charge in [0.05, 0.1) is 0 Å². The minimum atomic E-state index is -8.01. The van der Waals surface area contributed by atoms with Gasteiger partial charge in [0.25, 0.3) is 6.10 Å². The zero-order valence-electron chi connectivity index (χ0n) is 23.1. The van der Waals surface area contributed by atoms with Gasteiger partial charge < -0.3 is 9.47 Å². The lowest BCUT2D eigenvalue weighted by atomic mass is 10.2. The zero-order chi connectivity index (χ0) is 31.8. The first-order valence-corrected chi connectivity index (χ1v) is 16.4. The van der Waals surface area contributed by atoms with Gasteiger partial charge in [0.2, 0.25) is 0 Å². The summed E-state index contributed by atoms with van der Waals surface area (Å²) in [6.45, 7) is 9.20. The molecule has 0 spiro atoms. The highest BCUT2D eigenvalue weighted by Gasteiger charge is 2.77. The number of halogens is 5. The molecule has 3 aromatic carbocycles. The van der Waals surface area contributed by atoms with Crippen molar-refractivity contribution in [2.24, 2.45) is 0 Å². The molecule has 0 aromatic heterocycles. The molecular weight excluding hydrogens is 603 g/mol. The number of hydrogen-bond acceptors (Lipinski definition) is 4. The lowest BCUT2D eigenvalue weighted by molar-refractivity contribution is -0.258. The van der Waals surface area contributed by atoms with Crippen LogP contribution in [0.15, 0.2) is 112 Å². The third-order valence-corrected chi connectivity index (χ3v) is 15.8. The molecule has 13 heteroatoms. The lowest BCUT2D eigenvalue weighted by Gasteiger charge is -2.57. The molecule has 3 aromatic rings. The summed E-state index contributed by atoms with van der Waals surface area (Å²) in [7, 11) is -12.7. The van der Waals surface area contributed by atoms with Crippen molar-refractivity contribution in [2.75, 3.05) is 0 Å². The first-order chi connectivity index (χ1) is 19.1. The highest BCUT2D eigenvalue weighted by molar-refractivity contribution is 8.97. The molecule has 0 aliphatic heterocycles. The van der Waals surface area contributed by atoms with Gasteiger partial charge in [0.1, 0.15) is 11.4 Å². The van der Waals surface area contributed by atoms with Gasteiger partial charge >= 0.3 is 17.4 Å². The van der Waals surface area contributed by atoms with E-state index in [1.54, 1.807) is 20.8 Å². The first-order valence-electron chi connectivity index (χ1n) is 12.3. The van der Waals surface area contributed by atoms with E-state index >= 15 is 8.78 Å². The number of hydrogen-bond donors (Lipinski definition) is 2. The van der Waals surface area contributed by atoms with E-state index < -0.39 is 57.3 Å². The number of carbonyl (C=O) groups is 1. The third kappa shape index (κ3) is 5.83. The summed E-state index contributed by atoms with van der Waals surface area (Å²) in [5, 5.41) is -6.01. The SMILES string of the molecule is C=C(C)C(=O)OC(C(F)(F)F)C(F)(F)S(=O)(O)(O)S(c1ccccc1)(c1ccccc1)c1ccc(OC(C)(C)C)cc1. The average Bonchev–Trinajstić information content (AvgIpc) is 2.87. The molecule has 230 valence electrons. The van der Waals surface area contributed by atoms with E-state index in [9.17, 15) is 31.3 Å². The molecule has 0 saturated heterocycles. The molecule has 0 saturated carbocycles. The van der Waals surface area contributed by atoms with Crippen molar-refractivity contribution < 1.29 is 49.5 Å². The average molecular weight is 635 g/mol. The monoisotopic (exact) mass is 634 g/mol. The van der Waals surface area contributed by atoms with Crippen molar-refractivity contribution in [1.82, 2.24) is 0 Å². The van der Waals surface area contributed by atoms with Crippen LogP contribution in [0.5, 0.6) is 5.75 Å². The van der Waals surface area contributed by atoms with E-state index in [1.807, 2.05) is 0 Å². The van der Waals surface area contributed by atoms with Crippen molar-refractivity contribution in [3.8, 4) is 5.75 Å². The zero-order valence-corrected chi connectivity index (χ0v) is 24.7. The van der Waals surface area contributed by atoms with Crippen LogP contribution >= 0.6 is 9.06 Å². The Labute approximate surface area is 241 Å². The second kappa shape index (κ2) is 11.1. The molecule has 0 radical (unpaired) electrons. The Morgan fingerprint density at radius 1 is 0.810 bits per heavy atom. The Bertz CT molecular complexity index is 1460. The minimum absolute atomic E-state index is 0.218. The number of carbonyl (C=O) groups excluding carboxylic acids is 1. The van der Waals surface area contributed by atoms with Crippen molar-refractivity contribution in [1.29, 1.82) is 0 Å². The van der Waals surface area contributed by atoms with Crippen LogP contribution in [0.1, 0.15) is 27.7 Å². The van der Waals surface area contributed by atoms with E-state index in [4.69, 9.17) is 4.74 Å². The predicted octanol–water partition coefficient (Wildman–Crippen LogP) is 8.47. The Kier molecular flexibility index (Phi) is 8.79. The van der Waals surface area contributed by atoms with Crippen molar-refractivity contribution in [2.45, 2.75) is 65.5 Å². The maximum Gasteiger partial charge on any atom is 0.432 e. The van der Waals surface area contributed by atoms with Crippen LogP contribution in [-0.4, -0.2) is 42.4 Å². The van der Waals surface area contributed by atoms with Crippen molar-refractivity contribution in [3.05, 3.63) is 97.1 Å². The molecule has 6 nitrogen and oxygen atoms in total. The van der Waals surface area contributed by atoms with E-state index in [2.05, 4.69) is 11.3 Å². The van der Waals surface area contributed by atoms with Gasteiger partial charge in [-0.1, -0.05) is 52.0 Å². The first kappa shape index (κ1) is 33.2. The van der Waals surface area contributed by atoms with Gasteiger partial charge in [0, 0.05) is 20.3 Å². The van der Waals surface area contributed by atoms with E-state index in [0.29, 0.717) is 0 Å². The van der Waals surface area contributed by atoms with Gasteiger partial charge in [-0.25, -0.2) is 9.00 Å². The van der Waals surface area contributed by atoms with Crippen LogP contribution in [0.25, 0.3) is 0 Å². The maximum absolute atomic E-state index is 16.4. The normalized spacial score (nSPS) is 15.2. The summed E-state index contributed by atoms with van der Waals surface area (Å²) < 4.78 is 123. The molecule has 0 aliphatic carbocycles. The molecule has 1 atom stereocenters. The number of rotatable bonds is 9. The maximum atomic E-state index is 16.4. The molecular formula is C29H31F5O6S2. The Hall–Kier alpha value is -3.26. The summed E-state index contributed by atoms with van der Waals surface area (Å²) in [6, 6.07) is 17.6. The van der Waals surface area contributed by atoms with Crippen LogP contribution in [0.3, 0.4) is 0 Å². The van der Waals surface area contributed by atoms with Gasteiger partial charge in [-0.2, -0.15) is 22.0 Å². The van der Waals surface area contributed by atoms with Crippen LogP contribution < -0.4 is 4.74 Å². The van der Waals surface area contributed by atoms with Crippen molar-refractivity contribution in [3.63, 3.8) is 0 Å². The standard InChI is InChI=1S/C29H31F5O6S2/c1-20(2)25(35)39-26(28(30,31)32)29(33,34)42(36,37,38)41(22-12-8-6-9-13-22,23-14-10-7-11-15-23)24-18-16-21(17-19-24)40-27(3,4)5/h6-19,26H,1H2,2-5H3,(H2,36,37,38). The van der Waals surface area contributed by atoms with Crippen LogP contribution in [-0.2, 0) is 18.2 Å². The molecule has 3 rings (SSSR count). The van der Waals surface area contributed by atoms with Gasteiger partial charge in [-0.05, 0) is 76.2 Å². The minimum Gasteiger partial charge on any atom is -0.488 e. The fourth-order valence-electron chi connectivity index (χ4n) is 4.09. The highest BCUT2D eigenvalue weighted by Crippen LogP contribution is 2.83. The van der Waals surface area contributed by atoms with Crippen molar-refractivity contribution >= 4 is 23.7 Å². The van der Waals surface area contributed by atoms with Gasteiger partial charge in [0.15, 0.2) is 8.66 Å². The quantitative estimate of drug-likeness (QED) is 0.106. The van der Waals surface area contributed by atoms with E-state index in [1.165, 1.54) is 48.5 Å².